The van der Waals surface area contributed by atoms with Crippen LogP contribution in [-0.2, 0) is 16.4 Å². The SMILES string of the molecule is CS(=O)(=O)c1ccc2oc(-c3cn(CCN)cn3)nc2c1. The first-order valence-corrected chi connectivity index (χ1v) is 8.19. The molecule has 2 aromatic heterocycles. The number of oxazole rings is 1. The Labute approximate surface area is 121 Å². The molecule has 0 fully saturated rings. The summed E-state index contributed by atoms with van der Waals surface area (Å²) in [6.45, 7) is 1.17. The van der Waals surface area contributed by atoms with Crippen LogP contribution in [-0.4, -0.2) is 35.8 Å². The maximum atomic E-state index is 11.5. The van der Waals surface area contributed by atoms with Gasteiger partial charge in [-0.15, -0.1) is 0 Å². The lowest BCUT2D eigenvalue weighted by Gasteiger charge is -1.95. The van der Waals surface area contributed by atoms with Crippen LogP contribution in [0.1, 0.15) is 0 Å². The number of hydrogen-bond acceptors (Lipinski definition) is 6. The first-order chi connectivity index (χ1) is 9.97. The first kappa shape index (κ1) is 13.8. The quantitative estimate of drug-likeness (QED) is 0.772. The van der Waals surface area contributed by atoms with Crippen LogP contribution in [0.3, 0.4) is 0 Å². The first-order valence-electron chi connectivity index (χ1n) is 6.30. The number of nitrogens with zero attached hydrogens (tertiary/aromatic N) is 3. The highest BCUT2D eigenvalue weighted by molar-refractivity contribution is 7.90. The predicted octanol–water partition coefficient (Wildman–Crippen LogP) is 1.05. The molecule has 0 radical (unpaired) electrons. The van der Waals surface area contributed by atoms with E-state index in [0.29, 0.717) is 35.8 Å². The van der Waals surface area contributed by atoms with Crippen molar-refractivity contribution in [3.8, 4) is 11.6 Å². The zero-order chi connectivity index (χ0) is 15.0. The lowest BCUT2D eigenvalue weighted by molar-refractivity contribution is 0.602. The van der Waals surface area contributed by atoms with E-state index in [1.54, 1.807) is 18.6 Å². The zero-order valence-electron chi connectivity index (χ0n) is 11.4. The number of imidazole rings is 1. The number of rotatable bonds is 4. The molecule has 0 aliphatic heterocycles. The molecule has 2 heterocycles. The Kier molecular flexibility index (Phi) is 3.26. The van der Waals surface area contributed by atoms with Gasteiger partial charge in [0.1, 0.15) is 11.2 Å². The summed E-state index contributed by atoms with van der Waals surface area (Å²) in [5.41, 5.74) is 7.07. The molecule has 0 amide bonds. The van der Waals surface area contributed by atoms with Gasteiger partial charge in [0.25, 0.3) is 0 Å². The summed E-state index contributed by atoms with van der Waals surface area (Å²) in [6.07, 6.45) is 4.59. The molecule has 21 heavy (non-hydrogen) atoms. The maximum Gasteiger partial charge on any atom is 0.247 e. The van der Waals surface area contributed by atoms with Gasteiger partial charge in [0.15, 0.2) is 15.4 Å². The second kappa shape index (κ2) is 4.97. The van der Waals surface area contributed by atoms with Crippen molar-refractivity contribution in [1.29, 1.82) is 0 Å². The summed E-state index contributed by atoms with van der Waals surface area (Å²) in [5, 5.41) is 0. The highest BCUT2D eigenvalue weighted by atomic mass is 32.2. The van der Waals surface area contributed by atoms with Crippen molar-refractivity contribution < 1.29 is 12.8 Å². The molecule has 0 aliphatic carbocycles. The van der Waals surface area contributed by atoms with Crippen molar-refractivity contribution in [2.45, 2.75) is 11.4 Å². The minimum atomic E-state index is -3.27. The average molecular weight is 306 g/mol. The van der Waals surface area contributed by atoms with Gasteiger partial charge in [-0.2, -0.15) is 0 Å². The van der Waals surface area contributed by atoms with Gasteiger partial charge < -0.3 is 14.7 Å². The predicted molar refractivity (Wildman–Crippen MR) is 77.4 cm³/mol. The van der Waals surface area contributed by atoms with E-state index in [9.17, 15) is 8.42 Å². The minimum Gasteiger partial charge on any atom is -0.435 e. The fourth-order valence-corrected chi connectivity index (χ4v) is 2.63. The molecule has 1 aromatic carbocycles. The lowest BCUT2D eigenvalue weighted by atomic mass is 10.3. The van der Waals surface area contributed by atoms with E-state index in [0.717, 1.165) is 6.26 Å². The van der Waals surface area contributed by atoms with Gasteiger partial charge in [0.05, 0.1) is 11.2 Å². The van der Waals surface area contributed by atoms with E-state index in [-0.39, 0.29) is 4.90 Å². The Morgan fingerprint density at radius 3 is 2.90 bits per heavy atom. The fraction of sp³-hybridized carbons (Fsp3) is 0.231. The summed E-state index contributed by atoms with van der Waals surface area (Å²) in [5.74, 6) is 0.353. The topological polar surface area (TPSA) is 104 Å². The van der Waals surface area contributed by atoms with Crippen molar-refractivity contribution in [1.82, 2.24) is 14.5 Å². The Morgan fingerprint density at radius 2 is 2.19 bits per heavy atom. The molecule has 3 rings (SSSR count). The van der Waals surface area contributed by atoms with Crippen molar-refractivity contribution in [3.63, 3.8) is 0 Å². The van der Waals surface area contributed by atoms with E-state index < -0.39 is 9.84 Å². The molecule has 0 atom stereocenters. The van der Waals surface area contributed by atoms with E-state index in [2.05, 4.69) is 9.97 Å². The van der Waals surface area contributed by atoms with Gasteiger partial charge >= 0.3 is 0 Å². The number of fused-ring (bicyclic) bond motifs is 1. The second-order valence-electron chi connectivity index (χ2n) is 4.71. The molecule has 0 bridgehead atoms. The number of sulfone groups is 1. The van der Waals surface area contributed by atoms with Crippen LogP contribution in [0.2, 0.25) is 0 Å². The molecule has 0 saturated heterocycles. The van der Waals surface area contributed by atoms with E-state index >= 15 is 0 Å². The van der Waals surface area contributed by atoms with Crippen LogP contribution in [0.5, 0.6) is 0 Å². The van der Waals surface area contributed by atoms with E-state index in [1.165, 1.54) is 12.1 Å². The summed E-state index contributed by atoms with van der Waals surface area (Å²) in [6, 6.07) is 4.59. The van der Waals surface area contributed by atoms with Crippen LogP contribution in [0.4, 0.5) is 0 Å². The number of hydrogen-bond donors (Lipinski definition) is 1. The summed E-state index contributed by atoms with van der Waals surface area (Å²) in [4.78, 5) is 8.71. The number of nitrogens with two attached hydrogens (primary N) is 1. The molecule has 0 aliphatic rings. The third kappa shape index (κ3) is 2.67. The van der Waals surface area contributed by atoms with Gasteiger partial charge in [-0.05, 0) is 18.2 Å². The zero-order valence-corrected chi connectivity index (χ0v) is 12.2. The van der Waals surface area contributed by atoms with Crippen LogP contribution < -0.4 is 5.73 Å². The van der Waals surface area contributed by atoms with Crippen LogP contribution in [0.25, 0.3) is 22.7 Å². The molecule has 2 N–H and O–H groups in total. The molecule has 110 valence electrons. The Balaban J connectivity index is 2.04. The van der Waals surface area contributed by atoms with E-state index in [4.69, 9.17) is 10.2 Å². The minimum absolute atomic E-state index is 0.212. The standard InChI is InChI=1S/C13H14N4O3S/c1-21(18,19)9-2-3-12-10(6-9)16-13(20-12)11-7-17(5-4-14)8-15-11/h2-3,6-8H,4-5,14H2,1H3. The molecular formula is C13H14N4O3S. The number of benzene rings is 1. The van der Waals surface area contributed by atoms with Gasteiger partial charge in [0.2, 0.25) is 5.89 Å². The maximum absolute atomic E-state index is 11.5. The van der Waals surface area contributed by atoms with Gasteiger partial charge in [-0.1, -0.05) is 0 Å². The van der Waals surface area contributed by atoms with Crippen LogP contribution in [0.15, 0.2) is 40.0 Å². The van der Waals surface area contributed by atoms with Gasteiger partial charge in [-0.3, -0.25) is 0 Å². The molecular weight excluding hydrogens is 292 g/mol. The summed E-state index contributed by atoms with van der Waals surface area (Å²) < 4.78 is 30.5. The summed E-state index contributed by atoms with van der Waals surface area (Å²) >= 11 is 0. The van der Waals surface area contributed by atoms with Crippen molar-refractivity contribution in [2.75, 3.05) is 12.8 Å². The van der Waals surface area contributed by atoms with Crippen LogP contribution >= 0.6 is 0 Å². The second-order valence-corrected chi connectivity index (χ2v) is 6.72. The number of aromatic nitrogens is 3. The molecule has 7 nitrogen and oxygen atoms in total. The fourth-order valence-electron chi connectivity index (χ4n) is 1.99. The van der Waals surface area contributed by atoms with Crippen molar-refractivity contribution >= 4 is 20.9 Å². The largest absolute Gasteiger partial charge is 0.435 e. The van der Waals surface area contributed by atoms with Crippen LogP contribution in [0, 0.1) is 0 Å². The molecule has 8 heteroatoms. The Bertz CT molecular complexity index is 895. The van der Waals surface area contributed by atoms with Crippen molar-refractivity contribution in [2.24, 2.45) is 5.73 Å². The average Bonchev–Trinajstić information content (AvgIpc) is 3.02. The van der Waals surface area contributed by atoms with Crippen molar-refractivity contribution in [3.05, 3.63) is 30.7 Å². The lowest BCUT2D eigenvalue weighted by Crippen LogP contribution is -2.07. The Morgan fingerprint density at radius 1 is 1.38 bits per heavy atom. The smallest absolute Gasteiger partial charge is 0.247 e. The summed E-state index contributed by atoms with van der Waals surface area (Å²) in [7, 11) is -3.27. The highest BCUT2D eigenvalue weighted by Crippen LogP contribution is 2.25. The monoisotopic (exact) mass is 306 g/mol. The molecule has 0 unspecified atom stereocenters. The van der Waals surface area contributed by atoms with Gasteiger partial charge in [-0.25, -0.2) is 18.4 Å². The normalized spacial score (nSPS) is 12.1. The molecule has 0 spiro atoms. The molecule has 0 saturated carbocycles. The highest BCUT2D eigenvalue weighted by Gasteiger charge is 2.14. The molecule has 3 aromatic rings. The third-order valence-electron chi connectivity index (χ3n) is 3.03. The van der Waals surface area contributed by atoms with E-state index in [1.807, 2.05) is 4.57 Å². The van der Waals surface area contributed by atoms with Gasteiger partial charge in [0, 0.05) is 25.5 Å². The Hall–Kier alpha value is -2.19. The third-order valence-corrected chi connectivity index (χ3v) is 4.14.